The summed E-state index contributed by atoms with van der Waals surface area (Å²) < 4.78 is 47.0. The fraction of sp³-hybridized carbons (Fsp3) is 0.375. The van der Waals surface area contributed by atoms with Gasteiger partial charge in [0.1, 0.15) is 17.9 Å². The second-order valence-electron chi connectivity index (χ2n) is 9.27. The molecule has 0 spiro atoms. The Morgan fingerprint density at radius 1 is 1.18 bits per heavy atom. The molecule has 0 bridgehead atoms. The molecule has 1 saturated heterocycles. The second-order valence-corrected chi connectivity index (χ2v) is 10.3. The van der Waals surface area contributed by atoms with Gasteiger partial charge in [-0.25, -0.2) is 18.2 Å². The van der Waals surface area contributed by atoms with E-state index in [-0.39, 0.29) is 23.8 Å². The van der Waals surface area contributed by atoms with E-state index >= 15 is 8.78 Å². The van der Waals surface area contributed by atoms with Gasteiger partial charge in [0, 0.05) is 36.6 Å². The number of alkyl halides is 1. The number of pyridine rings is 1. The molecule has 6 rings (SSSR count). The van der Waals surface area contributed by atoms with Gasteiger partial charge in [-0.1, -0.05) is 36.0 Å². The molecule has 6 nitrogen and oxygen atoms in total. The monoisotopic (exact) mass is 486 g/mol. The summed E-state index contributed by atoms with van der Waals surface area (Å²) in [5, 5.41) is -0.684. The Morgan fingerprint density at radius 3 is 2.79 bits per heavy atom. The summed E-state index contributed by atoms with van der Waals surface area (Å²) in [5.74, 6) is -5.82. The number of carbonyl (C=O) groups excluding carboxylic acids is 2. The Bertz CT molecular complexity index is 1230. The average molecular weight is 487 g/mol. The number of rotatable bonds is 2. The van der Waals surface area contributed by atoms with Crippen molar-refractivity contribution in [3.05, 3.63) is 71.1 Å². The highest BCUT2D eigenvalue weighted by Crippen LogP contribution is 2.53. The molecule has 2 aliphatic heterocycles. The van der Waals surface area contributed by atoms with Crippen LogP contribution in [0.2, 0.25) is 0 Å². The molecule has 7 atom stereocenters. The summed E-state index contributed by atoms with van der Waals surface area (Å²) in [4.78, 5) is 31.7. The molecule has 2 fully saturated rings. The predicted molar refractivity (Wildman–Crippen MR) is 121 cm³/mol. The van der Waals surface area contributed by atoms with Crippen LogP contribution in [-0.4, -0.2) is 45.6 Å². The van der Waals surface area contributed by atoms with Crippen LogP contribution in [0.1, 0.15) is 18.0 Å². The lowest BCUT2D eigenvalue weighted by Gasteiger charge is -2.43. The maximum absolute atomic E-state index is 15.5. The molecule has 34 heavy (non-hydrogen) atoms. The Labute approximate surface area is 198 Å². The first kappa shape index (κ1) is 21.5. The lowest BCUT2D eigenvalue weighted by molar-refractivity contribution is -0.135. The number of carbonyl (C=O) groups is 2. The number of hydrogen-bond donors (Lipinski definition) is 2. The number of anilines is 1. The third kappa shape index (κ3) is 3.14. The lowest BCUT2D eigenvalue weighted by atomic mass is 9.64. The number of halogens is 3. The summed E-state index contributed by atoms with van der Waals surface area (Å²) in [6.07, 6.45) is 10.1. The van der Waals surface area contributed by atoms with Gasteiger partial charge in [0.2, 0.25) is 5.91 Å². The van der Waals surface area contributed by atoms with E-state index in [1.165, 1.54) is 0 Å². The van der Waals surface area contributed by atoms with Gasteiger partial charge in [-0.15, -0.1) is 0 Å². The minimum absolute atomic E-state index is 0.110. The zero-order valence-electron chi connectivity index (χ0n) is 17.8. The molecular formula is C24H21F3N4O2S. The molecule has 0 aromatic carbocycles. The maximum Gasteiger partial charge on any atom is 0.241 e. The third-order valence-corrected chi connectivity index (χ3v) is 8.53. The van der Waals surface area contributed by atoms with Gasteiger partial charge in [-0.3, -0.25) is 14.3 Å². The van der Waals surface area contributed by atoms with E-state index < -0.39 is 58.6 Å². The summed E-state index contributed by atoms with van der Waals surface area (Å²) in [6.45, 7) is 0.589. The number of amides is 1. The zero-order chi connectivity index (χ0) is 23.7. The molecule has 1 aromatic rings. The number of nitrogens with two attached hydrogens (primary N) is 1. The standard InChI is InChI=1S/C24H21F3N4O2S/c25-14-5-13-12(6-17(14)31-8-10-3-1-2-4-11(10)9-31)18(20-15(26)7-16(27)23(28)29-20)22-19(21(13)32)24(33)30-34-22/h1-4,6-8,11,13-14,17-19,22H,5,9H2,(H2,28,29)(H,30,33). The largest absolute Gasteiger partial charge is 0.381 e. The van der Waals surface area contributed by atoms with Crippen LogP contribution >= 0.6 is 11.9 Å². The van der Waals surface area contributed by atoms with E-state index in [1.54, 1.807) is 6.08 Å². The Morgan fingerprint density at radius 2 is 2.00 bits per heavy atom. The first-order chi connectivity index (χ1) is 16.3. The number of nitrogen functional groups attached to an aromatic ring is 1. The number of nitrogens with zero attached hydrogens (tertiary/aromatic N) is 2. The molecule has 10 heteroatoms. The Kier molecular flexibility index (Phi) is 4.91. The molecule has 7 unspecified atom stereocenters. The van der Waals surface area contributed by atoms with Crippen LogP contribution < -0.4 is 10.5 Å². The Balaban J connectivity index is 1.46. The lowest BCUT2D eigenvalue weighted by Crippen LogP contribution is -2.50. The van der Waals surface area contributed by atoms with Crippen molar-refractivity contribution < 1.29 is 22.8 Å². The van der Waals surface area contributed by atoms with Crippen LogP contribution in [0.15, 0.2) is 53.8 Å². The topological polar surface area (TPSA) is 88.3 Å². The van der Waals surface area contributed by atoms with Crippen molar-refractivity contribution in [1.29, 1.82) is 0 Å². The molecule has 0 radical (unpaired) electrons. The molecule has 3 aliphatic carbocycles. The molecule has 1 saturated carbocycles. The number of allylic oxidation sites excluding steroid dienone is 4. The molecule has 5 aliphatic rings. The molecular weight excluding hydrogens is 465 g/mol. The molecule has 1 aromatic heterocycles. The number of Topliss-reactive ketones (excluding diaryl/α,β-unsaturated/α-hetero) is 1. The van der Waals surface area contributed by atoms with E-state index in [4.69, 9.17) is 5.73 Å². The summed E-state index contributed by atoms with van der Waals surface area (Å²) >= 11 is 1.03. The predicted octanol–water partition coefficient (Wildman–Crippen LogP) is 2.97. The van der Waals surface area contributed by atoms with Gasteiger partial charge < -0.3 is 10.6 Å². The highest BCUT2D eigenvalue weighted by molar-refractivity contribution is 7.99. The van der Waals surface area contributed by atoms with Crippen LogP contribution in [0, 0.1) is 29.4 Å². The number of fused-ring (bicyclic) bond motifs is 3. The molecule has 3 N–H and O–H groups in total. The first-order valence-electron chi connectivity index (χ1n) is 11.1. The first-order valence-corrected chi connectivity index (χ1v) is 12.0. The van der Waals surface area contributed by atoms with Crippen molar-refractivity contribution in [3.8, 4) is 0 Å². The molecule has 1 amide bonds. The van der Waals surface area contributed by atoms with Gasteiger partial charge in [-0.05, 0) is 23.9 Å². The second kappa shape index (κ2) is 7.76. The number of aromatic nitrogens is 1. The van der Waals surface area contributed by atoms with Crippen LogP contribution in [0.3, 0.4) is 0 Å². The summed E-state index contributed by atoms with van der Waals surface area (Å²) in [7, 11) is 0. The van der Waals surface area contributed by atoms with Crippen molar-refractivity contribution in [2.45, 2.75) is 29.8 Å². The highest BCUT2D eigenvalue weighted by Gasteiger charge is 2.57. The number of ketones is 1. The van der Waals surface area contributed by atoms with Crippen LogP contribution in [0.4, 0.5) is 19.0 Å². The number of hydrogen-bond acceptors (Lipinski definition) is 6. The van der Waals surface area contributed by atoms with Gasteiger partial charge in [0.05, 0.1) is 17.0 Å². The fourth-order valence-corrected chi connectivity index (χ4v) is 6.99. The summed E-state index contributed by atoms with van der Waals surface area (Å²) in [5.41, 5.74) is 7.12. The number of nitrogens with one attached hydrogen (secondary N) is 1. The Hall–Kier alpha value is -3.01. The van der Waals surface area contributed by atoms with Crippen LogP contribution in [0.5, 0.6) is 0 Å². The zero-order valence-corrected chi connectivity index (χ0v) is 18.6. The minimum Gasteiger partial charge on any atom is -0.381 e. The van der Waals surface area contributed by atoms with Crippen LogP contribution in [0.25, 0.3) is 0 Å². The SMILES string of the molecule is Nc1nc(C2C3=CC(N4C=C5C=CC=CC5C4)C(F)CC3C(=O)C3C(=O)NSC32)c(F)cc1F. The van der Waals surface area contributed by atoms with Crippen LogP contribution in [-0.2, 0) is 9.59 Å². The highest BCUT2D eigenvalue weighted by atomic mass is 32.2. The quantitative estimate of drug-likeness (QED) is 0.380. The summed E-state index contributed by atoms with van der Waals surface area (Å²) in [6, 6.07) is 0.00831. The van der Waals surface area contributed by atoms with Crippen molar-refractivity contribution in [2.24, 2.45) is 17.8 Å². The van der Waals surface area contributed by atoms with E-state index in [2.05, 4.69) is 15.8 Å². The normalized spacial score (nSPS) is 36.0. The van der Waals surface area contributed by atoms with Crippen molar-refractivity contribution >= 4 is 29.5 Å². The fourth-order valence-electron chi connectivity index (χ4n) is 5.80. The van der Waals surface area contributed by atoms with Crippen molar-refractivity contribution in [1.82, 2.24) is 14.6 Å². The minimum atomic E-state index is -1.35. The third-order valence-electron chi connectivity index (χ3n) is 7.40. The van der Waals surface area contributed by atoms with Gasteiger partial charge in [-0.2, -0.15) is 0 Å². The van der Waals surface area contributed by atoms with E-state index in [9.17, 15) is 14.0 Å². The van der Waals surface area contributed by atoms with E-state index in [1.807, 2.05) is 29.3 Å². The molecule has 176 valence electrons. The maximum atomic E-state index is 15.5. The average Bonchev–Trinajstić information content (AvgIpc) is 3.41. The van der Waals surface area contributed by atoms with E-state index in [0.29, 0.717) is 18.2 Å². The van der Waals surface area contributed by atoms with Gasteiger partial charge >= 0.3 is 0 Å². The molecule has 3 heterocycles. The van der Waals surface area contributed by atoms with E-state index in [0.717, 1.165) is 17.5 Å². The van der Waals surface area contributed by atoms with Gasteiger partial charge in [0.25, 0.3) is 0 Å². The van der Waals surface area contributed by atoms with Gasteiger partial charge in [0.15, 0.2) is 17.4 Å². The smallest absolute Gasteiger partial charge is 0.241 e. The van der Waals surface area contributed by atoms with Crippen molar-refractivity contribution in [3.63, 3.8) is 0 Å². The van der Waals surface area contributed by atoms with Crippen molar-refractivity contribution in [2.75, 3.05) is 12.3 Å².